The van der Waals surface area contributed by atoms with Gasteiger partial charge in [0.1, 0.15) is 0 Å². The zero-order valence-electron chi connectivity index (χ0n) is 12.6. The molecule has 1 aliphatic carbocycles. The summed E-state index contributed by atoms with van der Waals surface area (Å²) in [5.41, 5.74) is 0.923. The summed E-state index contributed by atoms with van der Waals surface area (Å²) in [5, 5.41) is 9.39. The molecule has 5 nitrogen and oxygen atoms in total. The van der Waals surface area contributed by atoms with Crippen LogP contribution in [-0.2, 0) is 31.1 Å². The van der Waals surface area contributed by atoms with E-state index in [4.69, 9.17) is 4.74 Å². The van der Waals surface area contributed by atoms with Gasteiger partial charge in [0.2, 0.25) is 0 Å². The normalized spacial score (nSPS) is 30.0. The first kappa shape index (κ1) is 15.0. The maximum Gasteiger partial charge on any atom is 0.311 e. The molecule has 0 unspecified atom stereocenters. The van der Waals surface area contributed by atoms with E-state index in [-0.39, 0.29) is 24.6 Å². The number of esters is 1. The van der Waals surface area contributed by atoms with Crippen LogP contribution in [0.15, 0.2) is 24.3 Å². The third-order valence-corrected chi connectivity index (χ3v) is 5.15. The van der Waals surface area contributed by atoms with Crippen LogP contribution in [0, 0.1) is 5.41 Å². The highest BCUT2D eigenvalue weighted by atomic mass is 16.5. The van der Waals surface area contributed by atoms with Gasteiger partial charge in [-0.2, -0.15) is 0 Å². The molecule has 2 aliphatic heterocycles. The fourth-order valence-electron chi connectivity index (χ4n) is 3.51. The largest absolute Gasteiger partial charge is 0.481 e. The van der Waals surface area contributed by atoms with Crippen LogP contribution in [0.2, 0.25) is 0 Å². The Kier molecular flexibility index (Phi) is 3.68. The molecule has 2 heterocycles. The number of methoxy groups -OCH3 is 1. The zero-order valence-corrected chi connectivity index (χ0v) is 12.6. The first-order chi connectivity index (χ1) is 10.5. The Labute approximate surface area is 129 Å². The van der Waals surface area contributed by atoms with E-state index in [0.29, 0.717) is 12.8 Å². The van der Waals surface area contributed by atoms with Gasteiger partial charge in [0.25, 0.3) is 0 Å². The highest BCUT2D eigenvalue weighted by Gasteiger charge is 2.54. The van der Waals surface area contributed by atoms with E-state index in [0.717, 1.165) is 24.0 Å². The minimum atomic E-state index is -0.741. The van der Waals surface area contributed by atoms with Crippen molar-refractivity contribution in [3.05, 3.63) is 35.4 Å². The third kappa shape index (κ3) is 2.39. The lowest BCUT2D eigenvalue weighted by atomic mass is 9.64. The number of rotatable bonds is 4. The van der Waals surface area contributed by atoms with E-state index in [1.165, 1.54) is 7.11 Å². The molecule has 3 aliphatic rings. The number of hydrogen-bond acceptors (Lipinski definition) is 4. The molecule has 118 valence electrons. The standard InChI is InChI=1S/C17H20O5/c1-21-14(18)10-12-2-4-13(5-3-12)17-8-6-16(7-9-17,11-22-17)15(19)20/h2-5H,6-11H2,1H3,(H,19,20). The number of hydrogen-bond donors (Lipinski definition) is 1. The Morgan fingerprint density at radius 3 is 2.27 bits per heavy atom. The molecular formula is C17H20O5. The number of aliphatic carboxylic acids is 1. The molecule has 2 bridgehead atoms. The van der Waals surface area contributed by atoms with E-state index in [2.05, 4.69) is 4.74 Å². The molecule has 2 saturated heterocycles. The van der Waals surface area contributed by atoms with E-state index >= 15 is 0 Å². The summed E-state index contributed by atoms with van der Waals surface area (Å²) in [7, 11) is 1.38. The molecule has 5 heteroatoms. The maximum absolute atomic E-state index is 11.4. The number of carbonyl (C=O) groups is 2. The number of benzene rings is 1. The summed E-state index contributed by atoms with van der Waals surface area (Å²) in [6.07, 6.45) is 3.04. The van der Waals surface area contributed by atoms with Gasteiger partial charge in [-0.05, 0) is 36.8 Å². The Morgan fingerprint density at radius 1 is 1.18 bits per heavy atom. The number of fused-ring (bicyclic) bond motifs is 3. The van der Waals surface area contributed by atoms with Gasteiger partial charge < -0.3 is 14.6 Å². The maximum atomic E-state index is 11.4. The highest BCUT2D eigenvalue weighted by molar-refractivity contribution is 5.75. The van der Waals surface area contributed by atoms with E-state index in [1.807, 2.05) is 24.3 Å². The molecule has 3 fully saturated rings. The highest BCUT2D eigenvalue weighted by Crippen LogP contribution is 2.53. The Bertz CT molecular complexity index is 565. The van der Waals surface area contributed by atoms with Crippen LogP contribution in [0.3, 0.4) is 0 Å². The molecule has 0 aromatic heterocycles. The molecule has 1 N–H and O–H groups in total. The van der Waals surface area contributed by atoms with Crippen molar-refractivity contribution in [2.45, 2.75) is 37.7 Å². The molecule has 4 rings (SSSR count). The quantitative estimate of drug-likeness (QED) is 0.864. The second kappa shape index (κ2) is 5.39. The predicted molar refractivity (Wildman–Crippen MR) is 78.3 cm³/mol. The summed E-state index contributed by atoms with van der Waals surface area (Å²) in [6, 6.07) is 7.80. The lowest BCUT2D eigenvalue weighted by Gasteiger charge is -2.51. The van der Waals surface area contributed by atoms with Gasteiger partial charge in [-0.3, -0.25) is 9.59 Å². The van der Waals surface area contributed by atoms with Gasteiger partial charge >= 0.3 is 11.9 Å². The minimum absolute atomic E-state index is 0.257. The number of ether oxygens (including phenoxy) is 2. The van der Waals surface area contributed by atoms with Crippen LogP contribution in [-0.4, -0.2) is 30.8 Å². The number of carbonyl (C=O) groups excluding carboxylic acids is 1. The molecule has 1 aromatic rings. The summed E-state index contributed by atoms with van der Waals surface area (Å²) in [6.45, 7) is 0.284. The summed E-state index contributed by atoms with van der Waals surface area (Å²) < 4.78 is 10.6. The Morgan fingerprint density at radius 2 is 1.82 bits per heavy atom. The lowest BCUT2D eigenvalue weighted by Crippen LogP contribution is -2.52. The van der Waals surface area contributed by atoms with Gasteiger partial charge in [0.05, 0.1) is 31.2 Å². The smallest absolute Gasteiger partial charge is 0.311 e. The topological polar surface area (TPSA) is 72.8 Å². The fraction of sp³-hybridized carbons (Fsp3) is 0.529. The van der Waals surface area contributed by atoms with E-state index < -0.39 is 11.4 Å². The second-order valence-corrected chi connectivity index (χ2v) is 6.32. The van der Waals surface area contributed by atoms with Crippen molar-refractivity contribution in [3.8, 4) is 0 Å². The van der Waals surface area contributed by atoms with Crippen molar-refractivity contribution >= 4 is 11.9 Å². The zero-order chi connectivity index (χ0) is 15.8. The molecule has 0 amide bonds. The molecule has 1 aromatic carbocycles. The SMILES string of the molecule is COC(=O)Cc1ccc(C23CCC(C(=O)O)(CC2)CO3)cc1. The first-order valence-corrected chi connectivity index (χ1v) is 7.53. The van der Waals surface area contributed by atoms with E-state index in [9.17, 15) is 14.7 Å². The van der Waals surface area contributed by atoms with Gasteiger partial charge in [0.15, 0.2) is 0 Å². The fourth-order valence-corrected chi connectivity index (χ4v) is 3.51. The van der Waals surface area contributed by atoms with E-state index in [1.54, 1.807) is 0 Å². The van der Waals surface area contributed by atoms with Crippen LogP contribution in [0.5, 0.6) is 0 Å². The van der Waals surface area contributed by atoms with Crippen molar-refractivity contribution in [2.24, 2.45) is 5.41 Å². The van der Waals surface area contributed by atoms with Crippen LogP contribution >= 0.6 is 0 Å². The monoisotopic (exact) mass is 304 g/mol. The average molecular weight is 304 g/mol. The van der Waals surface area contributed by atoms with Gasteiger partial charge in [-0.25, -0.2) is 0 Å². The van der Waals surface area contributed by atoms with Crippen molar-refractivity contribution < 1.29 is 24.2 Å². The number of carboxylic acid groups (broad SMARTS) is 1. The minimum Gasteiger partial charge on any atom is -0.481 e. The Balaban J connectivity index is 1.76. The lowest BCUT2D eigenvalue weighted by molar-refractivity contribution is -0.205. The molecule has 0 spiro atoms. The summed E-state index contributed by atoms with van der Waals surface area (Å²) in [5.74, 6) is -1.00. The number of carboxylic acids is 1. The summed E-state index contributed by atoms with van der Waals surface area (Å²) in [4.78, 5) is 22.7. The van der Waals surface area contributed by atoms with Crippen molar-refractivity contribution in [1.82, 2.24) is 0 Å². The van der Waals surface area contributed by atoms with Crippen LogP contribution in [0.25, 0.3) is 0 Å². The van der Waals surface area contributed by atoms with Gasteiger partial charge in [0, 0.05) is 0 Å². The molecule has 0 atom stereocenters. The predicted octanol–water partition coefficient (Wildman–Crippen LogP) is 2.27. The van der Waals surface area contributed by atoms with Gasteiger partial charge in [-0.1, -0.05) is 24.3 Å². The first-order valence-electron chi connectivity index (χ1n) is 7.53. The van der Waals surface area contributed by atoms with Crippen LogP contribution in [0.1, 0.15) is 36.8 Å². The van der Waals surface area contributed by atoms with Crippen LogP contribution < -0.4 is 0 Å². The van der Waals surface area contributed by atoms with Crippen LogP contribution in [0.4, 0.5) is 0 Å². The van der Waals surface area contributed by atoms with Gasteiger partial charge in [-0.15, -0.1) is 0 Å². The van der Waals surface area contributed by atoms with Crippen molar-refractivity contribution in [2.75, 3.05) is 13.7 Å². The molecule has 1 saturated carbocycles. The average Bonchev–Trinajstić information content (AvgIpc) is 2.57. The summed E-state index contributed by atoms with van der Waals surface area (Å²) >= 11 is 0. The second-order valence-electron chi connectivity index (χ2n) is 6.32. The third-order valence-electron chi connectivity index (χ3n) is 5.15. The Hall–Kier alpha value is -1.88. The molecule has 0 radical (unpaired) electrons. The van der Waals surface area contributed by atoms with Crippen molar-refractivity contribution in [3.63, 3.8) is 0 Å². The molecule has 22 heavy (non-hydrogen) atoms. The molecular weight excluding hydrogens is 284 g/mol. The van der Waals surface area contributed by atoms with Crippen molar-refractivity contribution in [1.29, 1.82) is 0 Å².